The summed E-state index contributed by atoms with van der Waals surface area (Å²) in [7, 11) is 1.70. The molecule has 3 rings (SSSR count). The van der Waals surface area contributed by atoms with Crippen LogP contribution in [0.1, 0.15) is 37.0 Å². The van der Waals surface area contributed by atoms with Crippen LogP contribution in [-0.4, -0.2) is 28.3 Å². The van der Waals surface area contributed by atoms with Crippen LogP contribution >= 0.6 is 0 Å². The van der Waals surface area contributed by atoms with Crippen molar-refractivity contribution in [2.24, 2.45) is 7.05 Å². The van der Waals surface area contributed by atoms with Gasteiger partial charge in [0.2, 0.25) is 0 Å². The minimum Gasteiger partial charge on any atom is -0.490 e. The van der Waals surface area contributed by atoms with Gasteiger partial charge in [-0.3, -0.25) is 9.36 Å². The monoisotopic (exact) mass is 386 g/mol. The van der Waals surface area contributed by atoms with Crippen molar-refractivity contribution in [1.29, 1.82) is 0 Å². The molecule has 0 saturated heterocycles. The van der Waals surface area contributed by atoms with Gasteiger partial charge in [-0.1, -0.05) is 13.0 Å². The number of hydrogen-bond acceptors (Lipinski definition) is 4. The van der Waals surface area contributed by atoms with E-state index in [0.29, 0.717) is 23.3 Å². The highest BCUT2D eigenvalue weighted by molar-refractivity contribution is 6.01. The van der Waals surface area contributed by atoms with Crippen LogP contribution in [0.3, 0.4) is 0 Å². The number of pyridine rings is 1. The molecule has 2 heterocycles. The van der Waals surface area contributed by atoms with E-state index in [2.05, 4.69) is 0 Å². The van der Waals surface area contributed by atoms with Crippen molar-refractivity contribution in [3.8, 4) is 11.4 Å². The second-order valence-corrected chi connectivity index (χ2v) is 6.26. The third-order valence-electron chi connectivity index (χ3n) is 4.59. The third kappa shape index (κ3) is 3.17. The Kier molecular flexibility index (Phi) is 5.53. The number of rotatable bonds is 6. The van der Waals surface area contributed by atoms with E-state index >= 15 is 0 Å². The average Bonchev–Trinajstić information content (AvgIpc) is 2.94. The van der Waals surface area contributed by atoms with Gasteiger partial charge >= 0.3 is 5.97 Å². The molecule has 1 aromatic carbocycles. The standard InChI is InChI=1S/C21H23FN2O4/c1-5-14-12-16-17(20(25)24(14)15-10-8-9-13(22)11-15)19(27-6-2)18(23(16)4)21(26)28-7-3/h8-12H,5-7H2,1-4H3. The molecule has 0 amide bonds. The van der Waals surface area contributed by atoms with Crippen LogP contribution in [0.15, 0.2) is 35.1 Å². The van der Waals surface area contributed by atoms with Crippen molar-refractivity contribution in [3.63, 3.8) is 0 Å². The first-order valence-electron chi connectivity index (χ1n) is 9.27. The van der Waals surface area contributed by atoms with E-state index in [0.717, 1.165) is 0 Å². The van der Waals surface area contributed by atoms with E-state index < -0.39 is 11.8 Å². The summed E-state index contributed by atoms with van der Waals surface area (Å²) in [4.78, 5) is 26.0. The molecule has 0 unspecified atom stereocenters. The number of hydrogen-bond donors (Lipinski definition) is 0. The van der Waals surface area contributed by atoms with Crippen LogP contribution < -0.4 is 10.3 Å². The summed E-state index contributed by atoms with van der Waals surface area (Å²) in [5, 5.41) is 0.272. The molecule has 0 bridgehead atoms. The van der Waals surface area contributed by atoms with E-state index in [9.17, 15) is 14.0 Å². The summed E-state index contributed by atoms with van der Waals surface area (Å²) in [6.07, 6.45) is 0.547. The van der Waals surface area contributed by atoms with E-state index in [1.54, 1.807) is 37.6 Å². The second-order valence-electron chi connectivity index (χ2n) is 6.26. The summed E-state index contributed by atoms with van der Waals surface area (Å²) >= 11 is 0. The number of aromatic nitrogens is 2. The van der Waals surface area contributed by atoms with Crippen LogP contribution in [-0.2, 0) is 18.2 Å². The molecule has 7 heteroatoms. The lowest BCUT2D eigenvalue weighted by Gasteiger charge is -2.13. The van der Waals surface area contributed by atoms with Crippen molar-refractivity contribution < 1.29 is 18.7 Å². The van der Waals surface area contributed by atoms with Gasteiger partial charge in [0.05, 0.1) is 24.4 Å². The van der Waals surface area contributed by atoms with Crippen molar-refractivity contribution >= 4 is 16.9 Å². The van der Waals surface area contributed by atoms with Gasteiger partial charge in [-0.2, -0.15) is 0 Å². The first-order valence-corrected chi connectivity index (χ1v) is 9.27. The number of ether oxygens (including phenoxy) is 2. The number of halogens is 1. The quantitative estimate of drug-likeness (QED) is 0.607. The Hall–Kier alpha value is -3.09. The van der Waals surface area contributed by atoms with Gasteiger partial charge < -0.3 is 14.0 Å². The van der Waals surface area contributed by atoms with Crippen molar-refractivity contribution in [2.75, 3.05) is 13.2 Å². The third-order valence-corrected chi connectivity index (χ3v) is 4.59. The smallest absolute Gasteiger partial charge is 0.358 e. The zero-order valence-corrected chi connectivity index (χ0v) is 16.4. The number of aryl methyl sites for hydroxylation is 2. The predicted octanol–water partition coefficient (Wildman–Crippen LogP) is 3.61. The first-order chi connectivity index (χ1) is 13.4. The fourth-order valence-electron chi connectivity index (χ4n) is 3.39. The number of esters is 1. The molecular weight excluding hydrogens is 363 g/mol. The second kappa shape index (κ2) is 7.88. The van der Waals surface area contributed by atoms with Crippen LogP contribution in [0, 0.1) is 5.82 Å². The summed E-state index contributed by atoms with van der Waals surface area (Å²) in [6.45, 7) is 5.89. The molecule has 0 aliphatic heterocycles. The van der Waals surface area contributed by atoms with Crippen molar-refractivity contribution in [2.45, 2.75) is 27.2 Å². The molecule has 2 aromatic heterocycles. The lowest BCUT2D eigenvalue weighted by molar-refractivity contribution is 0.0511. The van der Waals surface area contributed by atoms with E-state index in [1.807, 2.05) is 13.0 Å². The summed E-state index contributed by atoms with van der Waals surface area (Å²) in [6, 6.07) is 7.69. The molecule has 0 radical (unpaired) electrons. The number of fused-ring (bicyclic) bond motifs is 1. The van der Waals surface area contributed by atoms with Gasteiger partial charge in [-0.15, -0.1) is 0 Å². The Morgan fingerprint density at radius 2 is 1.89 bits per heavy atom. The molecular formula is C21H23FN2O4. The van der Waals surface area contributed by atoms with Crippen molar-refractivity contribution in [3.05, 3.63) is 57.9 Å². The maximum absolute atomic E-state index is 13.8. The molecule has 148 valence electrons. The lowest BCUT2D eigenvalue weighted by atomic mass is 10.2. The fraction of sp³-hybridized carbons (Fsp3) is 0.333. The van der Waals surface area contributed by atoms with Gasteiger partial charge in [0, 0.05) is 12.7 Å². The van der Waals surface area contributed by atoms with Crippen LogP contribution in [0.5, 0.6) is 5.75 Å². The molecule has 0 fully saturated rings. The van der Waals surface area contributed by atoms with Gasteiger partial charge in [-0.25, -0.2) is 9.18 Å². The predicted molar refractivity (Wildman–Crippen MR) is 105 cm³/mol. The molecule has 0 atom stereocenters. The molecule has 0 aliphatic carbocycles. The van der Waals surface area contributed by atoms with E-state index in [4.69, 9.17) is 9.47 Å². The van der Waals surface area contributed by atoms with Gasteiger partial charge in [0.15, 0.2) is 11.4 Å². The number of carbonyl (C=O) groups excluding carboxylic acids is 1. The molecule has 0 spiro atoms. The normalized spacial score (nSPS) is 11.0. The molecule has 0 saturated carbocycles. The van der Waals surface area contributed by atoms with Crippen LogP contribution in [0.4, 0.5) is 4.39 Å². The Morgan fingerprint density at radius 3 is 2.50 bits per heavy atom. The molecule has 6 nitrogen and oxygen atoms in total. The number of carbonyl (C=O) groups is 1. The minimum atomic E-state index is -0.556. The Balaban J connectivity index is 2.43. The summed E-state index contributed by atoms with van der Waals surface area (Å²) < 4.78 is 27.7. The summed E-state index contributed by atoms with van der Waals surface area (Å²) in [5.41, 5.74) is 1.51. The number of benzene rings is 1. The Bertz CT molecular complexity index is 1100. The highest BCUT2D eigenvalue weighted by Crippen LogP contribution is 2.32. The van der Waals surface area contributed by atoms with Crippen molar-refractivity contribution in [1.82, 2.24) is 9.13 Å². The zero-order valence-electron chi connectivity index (χ0n) is 16.4. The highest BCUT2D eigenvalue weighted by atomic mass is 19.1. The Morgan fingerprint density at radius 1 is 1.14 bits per heavy atom. The van der Waals surface area contributed by atoms with Gasteiger partial charge in [-0.05, 0) is 44.5 Å². The molecule has 0 aliphatic rings. The summed E-state index contributed by atoms with van der Waals surface area (Å²) in [5.74, 6) is -0.799. The molecule has 3 aromatic rings. The van der Waals surface area contributed by atoms with Gasteiger partial charge in [0.1, 0.15) is 11.2 Å². The largest absolute Gasteiger partial charge is 0.490 e. The zero-order chi connectivity index (χ0) is 20.4. The maximum atomic E-state index is 13.8. The number of nitrogens with zero attached hydrogens (tertiary/aromatic N) is 2. The highest BCUT2D eigenvalue weighted by Gasteiger charge is 2.27. The SMILES string of the molecule is CCOC(=O)c1c(OCC)c2c(=O)n(-c3cccc(F)c3)c(CC)cc2n1C. The Labute approximate surface area is 162 Å². The maximum Gasteiger partial charge on any atom is 0.358 e. The fourth-order valence-corrected chi connectivity index (χ4v) is 3.39. The topological polar surface area (TPSA) is 62.5 Å². The van der Waals surface area contributed by atoms with Gasteiger partial charge in [0.25, 0.3) is 5.56 Å². The minimum absolute atomic E-state index is 0.190. The first kappa shape index (κ1) is 19.7. The average molecular weight is 386 g/mol. The molecule has 0 N–H and O–H groups in total. The van der Waals surface area contributed by atoms with E-state index in [-0.39, 0.29) is 35.6 Å². The van der Waals surface area contributed by atoms with E-state index in [1.165, 1.54) is 16.7 Å². The molecule has 28 heavy (non-hydrogen) atoms. The van der Waals surface area contributed by atoms with Crippen LogP contribution in [0.25, 0.3) is 16.6 Å². The lowest BCUT2D eigenvalue weighted by Crippen LogP contribution is -2.22. The van der Waals surface area contributed by atoms with Crippen LogP contribution in [0.2, 0.25) is 0 Å².